The summed E-state index contributed by atoms with van der Waals surface area (Å²) in [5.41, 5.74) is 2.06. The summed E-state index contributed by atoms with van der Waals surface area (Å²) in [6, 6.07) is 8.72. The Morgan fingerprint density at radius 3 is 2.52 bits per heavy atom. The summed E-state index contributed by atoms with van der Waals surface area (Å²) in [6.07, 6.45) is 5.94. The van der Waals surface area contributed by atoms with Crippen molar-refractivity contribution in [1.29, 1.82) is 0 Å². The Balaban J connectivity index is 1.45. The first-order valence-corrected chi connectivity index (χ1v) is 8.87. The van der Waals surface area contributed by atoms with Crippen LogP contribution in [-0.2, 0) is 11.3 Å². The molecule has 0 bridgehead atoms. The summed E-state index contributed by atoms with van der Waals surface area (Å²) >= 11 is 0. The number of nitrogens with zero attached hydrogens (tertiary/aromatic N) is 1. The van der Waals surface area contributed by atoms with Crippen LogP contribution in [0.4, 0.5) is 0 Å². The Morgan fingerprint density at radius 2 is 1.87 bits per heavy atom. The zero-order valence-electron chi connectivity index (χ0n) is 14.1. The molecule has 0 radical (unpaired) electrons. The van der Waals surface area contributed by atoms with Gasteiger partial charge in [0.15, 0.2) is 0 Å². The summed E-state index contributed by atoms with van der Waals surface area (Å²) in [5, 5.41) is 3.58. The van der Waals surface area contributed by atoms with Gasteiger partial charge in [0.25, 0.3) is 5.91 Å². The van der Waals surface area contributed by atoms with E-state index in [1.54, 1.807) is 7.11 Å². The van der Waals surface area contributed by atoms with Crippen LogP contribution in [0.1, 0.15) is 48.0 Å². The minimum absolute atomic E-state index is 0.186. The molecule has 1 aromatic carbocycles. The van der Waals surface area contributed by atoms with Crippen LogP contribution in [0.15, 0.2) is 24.3 Å². The van der Waals surface area contributed by atoms with Crippen molar-refractivity contribution >= 4 is 5.91 Å². The van der Waals surface area contributed by atoms with E-state index in [1.165, 1.54) is 24.8 Å². The fraction of sp³-hybridized carbons (Fsp3) is 0.632. The van der Waals surface area contributed by atoms with Crippen LogP contribution in [0.5, 0.6) is 0 Å². The highest BCUT2D eigenvalue weighted by Crippen LogP contribution is 2.27. The number of benzene rings is 1. The number of hydrogen-bond acceptors (Lipinski definition) is 3. The normalized spacial score (nSPS) is 24.3. The highest BCUT2D eigenvalue weighted by molar-refractivity contribution is 5.94. The van der Waals surface area contributed by atoms with Crippen LogP contribution in [0.2, 0.25) is 0 Å². The molecule has 2 aliphatic rings. The zero-order valence-corrected chi connectivity index (χ0v) is 14.1. The fourth-order valence-corrected chi connectivity index (χ4v) is 3.58. The first-order valence-electron chi connectivity index (χ1n) is 8.87. The Bertz CT molecular complexity index is 503. The van der Waals surface area contributed by atoms with Gasteiger partial charge in [0.2, 0.25) is 0 Å². The lowest BCUT2D eigenvalue weighted by Crippen LogP contribution is -2.42. The van der Waals surface area contributed by atoms with E-state index in [1.807, 2.05) is 17.0 Å². The quantitative estimate of drug-likeness (QED) is 0.877. The highest BCUT2D eigenvalue weighted by atomic mass is 16.5. The third kappa shape index (κ3) is 4.33. The van der Waals surface area contributed by atoms with Crippen molar-refractivity contribution in [1.82, 2.24) is 10.2 Å². The number of carbonyl (C=O) groups excluding carboxylic acids is 1. The first-order chi connectivity index (χ1) is 11.3. The van der Waals surface area contributed by atoms with E-state index in [-0.39, 0.29) is 5.91 Å². The number of rotatable bonds is 6. The lowest BCUT2D eigenvalue weighted by molar-refractivity contribution is 0.0724. The van der Waals surface area contributed by atoms with Crippen molar-refractivity contribution in [3.05, 3.63) is 35.4 Å². The molecule has 1 saturated heterocycles. The molecular formula is C19H28N2O2. The van der Waals surface area contributed by atoms with Crippen molar-refractivity contribution in [3.8, 4) is 0 Å². The molecule has 0 unspecified atom stereocenters. The van der Waals surface area contributed by atoms with Crippen molar-refractivity contribution in [2.45, 2.75) is 44.7 Å². The topological polar surface area (TPSA) is 41.6 Å². The van der Waals surface area contributed by atoms with E-state index in [4.69, 9.17) is 4.74 Å². The predicted octanol–water partition coefficient (Wildman–Crippen LogP) is 2.83. The molecule has 0 spiro atoms. The Morgan fingerprint density at radius 1 is 1.17 bits per heavy atom. The van der Waals surface area contributed by atoms with Crippen molar-refractivity contribution < 1.29 is 9.53 Å². The van der Waals surface area contributed by atoms with Crippen LogP contribution in [0.3, 0.4) is 0 Å². The molecule has 1 heterocycles. The van der Waals surface area contributed by atoms with Crippen LogP contribution in [0, 0.1) is 5.92 Å². The number of amides is 1. The van der Waals surface area contributed by atoms with E-state index in [9.17, 15) is 4.79 Å². The van der Waals surface area contributed by atoms with Crippen LogP contribution < -0.4 is 5.32 Å². The third-order valence-corrected chi connectivity index (χ3v) is 5.08. The molecule has 23 heavy (non-hydrogen) atoms. The molecule has 0 atom stereocenters. The van der Waals surface area contributed by atoms with Gasteiger partial charge in [0.1, 0.15) is 0 Å². The molecule has 1 aliphatic carbocycles. The van der Waals surface area contributed by atoms with Gasteiger partial charge < -0.3 is 15.0 Å². The maximum atomic E-state index is 12.4. The van der Waals surface area contributed by atoms with Crippen LogP contribution in [0.25, 0.3) is 0 Å². The smallest absolute Gasteiger partial charge is 0.253 e. The molecule has 3 rings (SSSR count). The van der Waals surface area contributed by atoms with Crippen LogP contribution >= 0.6 is 0 Å². The standard InChI is InChI=1S/C19H28N2O2/c1-23-14-16-11-18(12-16)20-13-15-5-7-17(8-6-15)19(22)21-9-3-2-4-10-21/h5-8,16,18,20H,2-4,9-14H2,1H3. The summed E-state index contributed by atoms with van der Waals surface area (Å²) in [5.74, 6) is 0.910. The van der Waals surface area contributed by atoms with Gasteiger partial charge >= 0.3 is 0 Å². The minimum atomic E-state index is 0.186. The van der Waals surface area contributed by atoms with Gasteiger partial charge in [-0.1, -0.05) is 12.1 Å². The monoisotopic (exact) mass is 316 g/mol. The molecule has 4 heteroatoms. The molecule has 1 N–H and O–H groups in total. The Hall–Kier alpha value is -1.39. The number of hydrogen-bond donors (Lipinski definition) is 1. The summed E-state index contributed by atoms with van der Waals surface area (Å²) in [7, 11) is 1.77. The Labute approximate surface area is 139 Å². The molecule has 126 valence electrons. The average Bonchev–Trinajstić information content (AvgIpc) is 2.57. The number of ether oxygens (including phenoxy) is 1. The molecule has 1 amide bonds. The maximum absolute atomic E-state index is 12.4. The minimum Gasteiger partial charge on any atom is -0.384 e. The highest BCUT2D eigenvalue weighted by Gasteiger charge is 2.28. The van der Waals surface area contributed by atoms with Crippen LogP contribution in [-0.4, -0.2) is 43.7 Å². The van der Waals surface area contributed by atoms with Gasteiger partial charge in [-0.25, -0.2) is 0 Å². The summed E-state index contributed by atoms with van der Waals surface area (Å²) < 4.78 is 5.18. The number of likely N-dealkylation sites (tertiary alicyclic amines) is 1. The number of carbonyl (C=O) groups is 1. The van der Waals surface area contributed by atoms with E-state index in [0.29, 0.717) is 6.04 Å². The molecule has 1 saturated carbocycles. The van der Waals surface area contributed by atoms with Crippen molar-refractivity contribution in [2.24, 2.45) is 5.92 Å². The van der Waals surface area contributed by atoms with Gasteiger partial charge in [-0.15, -0.1) is 0 Å². The Kier molecular flexibility index (Phi) is 5.68. The molecule has 1 aliphatic heterocycles. The average molecular weight is 316 g/mol. The molecule has 1 aromatic rings. The lowest BCUT2D eigenvalue weighted by atomic mass is 9.81. The fourth-order valence-electron chi connectivity index (χ4n) is 3.58. The van der Waals surface area contributed by atoms with E-state index < -0.39 is 0 Å². The van der Waals surface area contributed by atoms with Gasteiger partial charge in [0.05, 0.1) is 0 Å². The van der Waals surface area contributed by atoms with Gasteiger partial charge in [-0.05, 0) is 55.7 Å². The lowest BCUT2D eigenvalue weighted by Gasteiger charge is -2.35. The zero-order chi connectivity index (χ0) is 16.1. The van der Waals surface area contributed by atoms with Gasteiger partial charge in [0, 0.05) is 45.0 Å². The number of piperidine rings is 1. The largest absolute Gasteiger partial charge is 0.384 e. The summed E-state index contributed by atoms with van der Waals surface area (Å²) in [6.45, 7) is 3.58. The predicted molar refractivity (Wildman–Crippen MR) is 91.4 cm³/mol. The van der Waals surface area contributed by atoms with E-state index in [2.05, 4.69) is 17.4 Å². The van der Waals surface area contributed by atoms with Gasteiger partial charge in [-0.3, -0.25) is 4.79 Å². The molecule has 0 aromatic heterocycles. The van der Waals surface area contributed by atoms with Gasteiger partial charge in [-0.2, -0.15) is 0 Å². The molecule has 2 fully saturated rings. The SMILES string of the molecule is COCC1CC(NCc2ccc(C(=O)N3CCCCC3)cc2)C1. The number of methoxy groups -OCH3 is 1. The number of nitrogens with one attached hydrogen (secondary N) is 1. The second kappa shape index (κ2) is 7.93. The summed E-state index contributed by atoms with van der Waals surface area (Å²) in [4.78, 5) is 14.4. The van der Waals surface area contributed by atoms with Crippen molar-refractivity contribution in [3.63, 3.8) is 0 Å². The molecular weight excluding hydrogens is 288 g/mol. The second-order valence-corrected chi connectivity index (χ2v) is 6.92. The van der Waals surface area contributed by atoms with E-state index >= 15 is 0 Å². The maximum Gasteiger partial charge on any atom is 0.253 e. The first kappa shape index (κ1) is 16.5. The van der Waals surface area contributed by atoms with E-state index in [0.717, 1.165) is 50.6 Å². The third-order valence-electron chi connectivity index (χ3n) is 5.08. The van der Waals surface area contributed by atoms with Crippen molar-refractivity contribution in [2.75, 3.05) is 26.8 Å². The second-order valence-electron chi connectivity index (χ2n) is 6.92. The molecule has 4 nitrogen and oxygen atoms in total.